The lowest BCUT2D eigenvalue weighted by atomic mass is 9.99. The molecule has 0 aliphatic carbocycles. The quantitative estimate of drug-likeness (QED) is 0.638. The smallest absolute Gasteiger partial charge is 0.221 e. The Hall–Kier alpha value is -0.620. The molecule has 1 aliphatic heterocycles. The second-order valence-electron chi connectivity index (χ2n) is 3.36. The van der Waals surface area contributed by atoms with Crippen LogP contribution in [0.2, 0.25) is 0 Å². The van der Waals surface area contributed by atoms with Gasteiger partial charge in [-0.25, -0.2) is 12.7 Å². The van der Waals surface area contributed by atoms with E-state index in [2.05, 4.69) is 0 Å². The van der Waals surface area contributed by atoms with E-state index in [1.54, 1.807) is 0 Å². The molecule has 1 atom stereocenters. The zero-order valence-electron chi connectivity index (χ0n) is 7.56. The fraction of sp³-hybridized carbons (Fsp3) is 0.857. The van der Waals surface area contributed by atoms with Crippen LogP contribution in [0.3, 0.4) is 0 Å². The van der Waals surface area contributed by atoms with Gasteiger partial charge in [-0.15, -0.1) is 0 Å². The van der Waals surface area contributed by atoms with Crippen molar-refractivity contribution in [2.24, 2.45) is 11.7 Å². The molecule has 1 aliphatic rings. The molecule has 13 heavy (non-hydrogen) atoms. The topological polar surface area (TPSA) is 80.5 Å². The first-order valence-corrected chi connectivity index (χ1v) is 6.00. The van der Waals surface area contributed by atoms with Crippen LogP contribution in [0, 0.1) is 5.92 Å². The minimum absolute atomic E-state index is 0.244. The first-order chi connectivity index (χ1) is 5.91. The normalized spacial score (nSPS) is 25.8. The average molecular weight is 206 g/mol. The molecule has 0 aromatic rings. The van der Waals surface area contributed by atoms with Crippen LogP contribution in [0.5, 0.6) is 0 Å². The van der Waals surface area contributed by atoms with Gasteiger partial charge in [-0.1, -0.05) is 0 Å². The molecule has 1 fully saturated rings. The Bertz CT molecular complexity index is 299. The zero-order chi connectivity index (χ0) is 10.1. The second kappa shape index (κ2) is 3.63. The zero-order valence-corrected chi connectivity index (χ0v) is 8.38. The fourth-order valence-corrected chi connectivity index (χ4v) is 2.39. The number of rotatable bonds is 2. The molecule has 1 rings (SSSR count). The highest BCUT2D eigenvalue weighted by atomic mass is 32.2. The number of carbonyl (C=O) groups excluding carboxylic acids is 1. The van der Waals surface area contributed by atoms with Gasteiger partial charge in [-0.3, -0.25) is 4.79 Å². The van der Waals surface area contributed by atoms with Gasteiger partial charge in [-0.2, -0.15) is 0 Å². The minimum Gasteiger partial charge on any atom is -0.369 e. The molecule has 5 nitrogen and oxygen atoms in total. The molecule has 2 N–H and O–H groups in total. The summed E-state index contributed by atoms with van der Waals surface area (Å²) in [7, 11) is -3.17. The van der Waals surface area contributed by atoms with E-state index >= 15 is 0 Å². The van der Waals surface area contributed by atoms with E-state index in [0.717, 1.165) is 6.26 Å². The fourth-order valence-electron chi connectivity index (χ4n) is 1.48. The van der Waals surface area contributed by atoms with E-state index in [1.165, 1.54) is 4.31 Å². The number of amides is 1. The monoisotopic (exact) mass is 206 g/mol. The van der Waals surface area contributed by atoms with Crippen LogP contribution in [-0.2, 0) is 14.8 Å². The lowest BCUT2D eigenvalue weighted by molar-refractivity contribution is -0.122. The highest BCUT2D eigenvalue weighted by molar-refractivity contribution is 7.88. The highest BCUT2D eigenvalue weighted by Gasteiger charge is 2.28. The van der Waals surface area contributed by atoms with Gasteiger partial charge in [-0.05, 0) is 12.8 Å². The van der Waals surface area contributed by atoms with Crippen molar-refractivity contribution in [3.8, 4) is 0 Å². The maximum Gasteiger partial charge on any atom is 0.221 e. The summed E-state index contributed by atoms with van der Waals surface area (Å²) in [5, 5.41) is 0. The van der Waals surface area contributed by atoms with Crippen molar-refractivity contribution in [1.82, 2.24) is 4.31 Å². The summed E-state index contributed by atoms with van der Waals surface area (Å²) >= 11 is 0. The number of primary amides is 1. The molecule has 1 saturated heterocycles. The van der Waals surface area contributed by atoms with E-state index in [0.29, 0.717) is 19.4 Å². The van der Waals surface area contributed by atoms with Gasteiger partial charge in [0.2, 0.25) is 15.9 Å². The summed E-state index contributed by atoms with van der Waals surface area (Å²) in [6.07, 6.45) is 2.55. The molecule has 0 aromatic heterocycles. The highest BCUT2D eigenvalue weighted by Crippen LogP contribution is 2.17. The Morgan fingerprint density at radius 3 is 2.62 bits per heavy atom. The van der Waals surface area contributed by atoms with Crippen LogP contribution in [0.25, 0.3) is 0 Å². The molecule has 76 valence electrons. The molecule has 1 amide bonds. The number of nitrogens with zero attached hydrogens (tertiary/aromatic N) is 1. The number of sulfonamides is 1. The largest absolute Gasteiger partial charge is 0.369 e. The van der Waals surface area contributed by atoms with Crippen molar-refractivity contribution >= 4 is 15.9 Å². The van der Waals surface area contributed by atoms with Gasteiger partial charge >= 0.3 is 0 Å². The van der Waals surface area contributed by atoms with E-state index in [-0.39, 0.29) is 12.5 Å². The Kier molecular flexibility index (Phi) is 2.92. The third-order valence-corrected chi connectivity index (χ3v) is 3.53. The van der Waals surface area contributed by atoms with Gasteiger partial charge < -0.3 is 5.73 Å². The Morgan fingerprint density at radius 1 is 1.54 bits per heavy atom. The van der Waals surface area contributed by atoms with Gasteiger partial charge in [0.25, 0.3) is 0 Å². The van der Waals surface area contributed by atoms with E-state index in [9.17, 15) is 13.2 Å². The van der Waals surface area contributed by atoms with Gasteiger partial charge in [0.15, 0.2) is 0 Å². The average Bonchev–Trinajstić information content (AvgIpc) is 2.03. The number of piperidine rings is 1. The molecular formula is C7H14N2O3S. The summed E-state index contributed by atoms with van der Waals surface area (Å²) in [6, 6.07) is 0. The van der Waals surface area contributed by atoms with Crippen LogP contribution < -0.4 is 5.73 Å². The summed E-state index contributed by atoms with van der Waals surface area (Å²) in [6.45, 7) is 0.747. The first kappa shape index (κ1) is 10.5. The van der Waals surface area contributed by atoms with Crippen molar-refractivity contribution in [1.29, 1.82) is 0 Å². The first-order valence-electron chi connectivity index (χ1n) is 4.15. The lowest BCUT2D eigenvalue weighted by Gasteiger charge is -2.28. The number of carbonyl (C=O) groups is 1. The van der Waals surface area contributed by atoms with Crippen molar-refractivity contribution in [2.75, 3.05) is 19.3 Å². The lowest BCUT2D eigenvalue weighted by Crippen LogP contribution is -2.43. The molecular weight excluding hydrogens is 192 g/mol. The van der Waals surface area contributed by atoms with Gasteiger partial charge in [0.1, 0.15) is 0 Å². The molecule has 6 heteroatoms. The van der Waals surface area contributed by atoms with Crippen molar-refractivity contribution < 1.29 is 13.2 Å². The third kappa shape index (κ3) is 2.67. The van der Waals surface area contributed by atoms with Gasteiger partial charge in [0.05, 0.1) is 12.2 Å². The Balaban J connectivity index is 2.67. The standard InChI is InChI=1S/C7H14N2O3S/c1-13(11,12)9-4-2-3-6(5-9)7(8)10/h6H,2-5H2,1H3,(H2,8,10). The number of nitrogens with two attached hydrogens (primary N) is 1. The molecule has 0 bridgehead atoms. The molecule has 0 saturated carbocycles. The number of hydrogen-bond donors (Lipinski definition) is 1. The van der Waals surface area contributed by atoms with Crippen LogP contribution in [0.4, 0.5) is 0 Å². The van der Waals surface area contributed by atoms with Crippen molar-refractivity contribution in [3.63, 3.8) is 0 Å². The predicted molar refractivity (Wildman–Crippen MR) is 48.3 cm³/mol. The Labute approximate surface area is 77.9 Å². The van der Waals surface area contributed by atoms with Crippen LogP contribution >= 0.6 is 0 Å². The summed E-state index contributed by atoms with van der Waals surface area (Å²) in [5.41, 5.74) is 5.11. The molecule has 1 unspecified atom stereocenters. The summed E-state index contributed by atoms with van der Waals surface area (Å²) < 4.78 is 23.6. The van der Waals surface area contributed by atoms with E-state index < -0.39 is 15.9 Å². The number of hydrogen-bond acceptors (Lipinski definition) is 3. The van der Waals surface area contributed by atoms with E-state index in [4.69, 9.17) is 5.73 Å². The Morgan fingerprint density at radius 2 is 2.15 bits per heavy atom. The van der Waals surface area contributed by atoms with Crippen LogP contribution in [-0.4, -0.2) is 38.0 Å². The van der Waals surface area contributed by atoms with Crippen LogP contribution in [0.15, 0.2) is 0 Å². The van der Waals surface area contributed by atoms with Gasteiger partial charge in [0, 0.05) is 13.1 Å². The molecule has 1 heterocycles. The van der Waals surface area contributed by atoms with Crippen molar-refractivity contribution in [3.05, 3.63) is 0 Å². The predicted octanol–water partition coefficient (Wildman–Crippen LogP) is -0.857. The van der Waals surface area contributed by atoms with Crippen molar-refractivity contribution in [2.45, 2.75) is 12.8 Å². The molecule has 0 radical (unpaired) electrons. The molecule has 0 spiro atoms. The van der Waals surface area contributed by atoms with E-state index in [1.807, 2.05) is 0 Å². The summed E-state index contributed by atoms with van der Waals surface area (Å²) in [4.78, 5) is 10.8. The minimum atomic E-state index is -3.17. The maximum atomic E-state index is 11.1. The maximum absolute atomic E-state index is 11.1. The second-order valence-corrected chi connectivity index (χ2v) is 5.34. The van der Waals surface area contributed by atoms with Crippen LogP contribution in [0.1, 0.15) is 12.8 Å². The third-order valence-electron chi connectivity index (χ3n) is 2.26. The summed E-state index contributed by atoms with van der Waals surface area (Å²) in [5.74, 6) is -0.725. The molecule has 0 aromatic carbocycles. The SMILES string of the molecule is CS(=O)(=O)N1CCCC(C(N)=O)C1.